The lowest BCUT2D eigenvalue weighted by atomic mass is 10.1. The van der Waals surface area contributed by atoms with E-state index in [2.05, 4.69) is 11.6 Å². The van der Waals surface area contributed by atoms with Crippen LogP contribution >= 0.6 is 11.3 Å². The molecular formula is C13H9FN2S. The Morgan fingerprint density at radius 1 is 1.53 bits per heavy atom. The third-order valence-corrected chi connectivity index (χ3v) is 3.34. The van der Waals surface area contributed by atoms with Gasteiger partial charge in [-0.3, -0.25) is 0 Å². The topological polar surface area (TPSA) is 36.7 Å². The van der Waals surface area contributed by atoms with Crippen LogP contribution in [0.1, 0.15) is 10.6 Å². The van der Waals surface area contributed by atoms with Crippen molar-refractivity contribution >= 4 is 16.9 Å². The van der Waals surface area contributed by atoms with Crippen LogP contribution in [0.4, 0.5) is 4.39 Å². The van der Waals surface area contributed by atoms with E-state index in [0.29, 0.717) is 21.8 Å². The van der Waals surface area contributed by atoms with Gasteiger partial charge in [-0.05, 0) is 18.6 Å². The smallest absolute Gasteiger partial charge is 0.134 e. The summed E-state index contributed by atoms with van der Waals surface area (Å²) in [7, 11) is 0. The number of thiazole rings is 1. The number of hydrogen-bond acceptors (Lipinski definition) is 3. The molecule has 2 aromatic rings. The molecule has 2 rings (SSSR count). The molecule has 4 heteroatoms. The summed E-state index contributed by atoms with van der Waals surface area (Å²) in [6.45, 7) is 5.31. The molecule has 0 spiro atoms. The molecule has 0 saturated heterocycles. The molecule has 0 aliphatic heterocycles. The van der Waals surface area contributed by atoms with E-state index in [0.717, 1.165) is 5.56 Å². The minimum atomic E-state index is -0.254. The summed E-state index contributed by atoms with van der Waals surface area (Å²) in [4.78, 5) is 4.28. The fourth-order valence-electron chi connectivity index (χ4n) is 1.47. The van der Waals surface area contributed by atoms with Crippen molar-refractivity contribution in [2.75, 3.05) is 0 Å². The van der Waals surface area contributed by atoms with E-state index in [1.165, 1.54) is 17.4 Å². The molecule has 0 N–H and O–H groups in total. The Morgan fingerprint density at radius 3 is 3.00 bits per heavy atom. The number of rotatable bonds is 2. The molecule has 2 nitrogen and oxygen atoms in total. The molecule has 0 amide bonds. The van der Waals surface area contributed by atoms with E-state index < -0.39 is 0 Å². The summed E-state index contributed by atoms with van der Waals surface area (Å²) < 4.78 is 13.4. The van der Waals surface area contributed by atoms with Crippen molar-refractivity contribution < 1.29 is 4.39 Å². The molecule has 1 heterocycles. The van der Waals surface area contributed by atoms with E-state index in [1.54, 1.807) is 18.4 Å². The van der Waals surface area contributed by atoms with Crippen LogP contribution in [0.3, 0.4) is 0 Å². The standard InChI is InChI=1S/C13H9FN2S/c1-8(6-15)13-16-12(7-17-13)10-4-3-5-11(14)9(10)2/h3-5,7H,1H2,2H3. The molecule has 0 aliphatic rings. The Balaban J connectivity index is 2.48. The van der Waals surface area contributed by atoms with Gasteiger partial charge in [0.15, 0.2) is 0 Å². The SMILES string of the molecule is C=C(C#N)c1nc(-c2cccc(F)c2C)cs1. The third kappa shape index (κ3) is 2.10. The fourth-order valence-corrected chi connectivity index (χ4v) is 2.21. The van der Waals surface area contributed by atoms with E-state index in [4.69, 9.17) is 5.26 Å². The zero-order valence-corrected chi connectivity index (χ0v) is 10.0. The van der Waals surface area contributed by atoms with Gasteiger partial charge in [-0.15, -0.1) is 11.3 Å². The van der Waals surface area contributed by atoms with Gasteiger partial charge >= 0.3 is 0 Å². The molecule has 17 heavy (non-hydrogen) atoms. The van der Waals surface area contributed by atoms with E-state index in [1.807, 2.05) is 12.1 Å². The highest BCUT2D eigenvalue weighted by atomic mass is 32.1. The molecule has 0 aliphatic carbocycles. The number of nitrogens with zero attached hydrogens (tertiary/aromatic N) is 2. The van der Waals surface area contributed by atoms with Crippen molar-refractivity contribution in [1.82, 2.24) is 4.98 Å². The molecule has 1 aromatic carbocycles. The summed E-state index contributed by atoms with van der Waals surface area (Å²) in [6, 6.07) is 6.83. The van der Waals surface area contributed by atoms with Gasteiger partial charge in [0.1, 0.15) is 16.9 Å². The minimum absolute atomic E-state index is 0.254. The maximum atomic E-state index is 13.4. The second-order valence-electron chi connectivity index (χ2n) is 3.54. The van der Waals surface area contributed by atoms with Crippen LogP contribution in [0.15, 0.2) is 30.2 Å². The first-order valence-corrected chi connectivity index (χ1v) is 5.82. The van der Waals surface area contributed by atoms with Crippen LogP contribution in [0, 0.1) is 24.1 Å². The number of nitriles is 1. The second-order valence-corrected chi connectivity index (χ2v) is 4.40. The number of benzene rings is 1. The lowest BCUT2D eigenvalue weighted by molar-refractivity contribution is 0.619. The van der Waals surface area contributed by atoms with Crippen LogP contribution < -0.4 is 0 Å². The predicted octanol–water partition coefficient (Wildman–Crippen LogP) is 3.79. The van der Waals surface area contributed by atoms with Crippen molar-refractivity contribution in [2.45, 2.75) is 6.92 Å². The normalized spacial score (nSPS) is 9.94. The minimum Gasteiger partial charge on any atom is -0.235 e. The van der Waals surface area contributed by atoms with Gasteiger partial charge in [0.25, 0.3) is 0 Å². The molecule has 0 unspecified atom stereocenters. The monoisotopic (exact) mass is 244 g/mol. The Kier molecular flexibility index (Phi) is 3.03. The maximum Gasteiger partial charge on any atom is 0.134 e. The molecule has 84 valence electrons. The van der Waals surface area contributed by atoms with E-state index in [-0.39, 0.29) is 5.82 Å². The quantitative estimate of drug-likeness (QED) is 0.753. The van der Waals surface area contributed by atoms with Gasteiger partial charge in [-0.25, -0.2) is 9.37 Å². The maximum absolute atomic E-state index is 13.4. The highest BCUT2D eigenvalue weighted by Gasteiger charge is 2.10. The third-order valence-electron chi connectivity index (χ3n) is 2.44. The predicted molar refractivity (Wildman–Crippen MR) is 66.9 cm³/mol. The average Bonchev–Trinajstić information content (AvgIpc) is 2.81. The number of allylic oxidation sites excluding steroid dienone is 1. The zero-order valence-electron chi connectivity index (χ0n) is 9.20. The lowest BCUT2D eigenvalue weighted by Crippen LogP contribution is -1.88. The van der Waals surface area contributed by atoms with Crippen molar-refractivity contribution in [2.24, 2.45) is 0 Å². The summed E-state index contributed by atoms with van der Waals surface area (Å²) in [5.41, 5.74) is 2.32. The van der Waals surface area contributed by atoms with Gasteiger partial charge < -0.3 is 0 Å². The summed E-state index contributed by atoms with van der Waals surface area (Å²) in [5, 5.41) is 11.1. The van der Waals surface area contributed by atoms with Gasteiger partial charge in [0.05, 0.1) is 11.3 Å². The fraction of sp³-hybridized carbons (Fsp3) is 0.0769. The first-order chi connectivity index (χ1) is 8.13. The van der Waals surface area contributed by atoms with Crippen molar-refractivity contribution in [3.05, 3.63) is 46.5 Å². The molecule has 1 aromatic heterocycles. The van der Waals surface area contributed by atoms with Crippen LogP contribution in [0.5, 0.6) is 0 Å². The Morgan fingerprint density at radius 2 is 2.29 bits per heavy atom. The summed E-state index contributed by atoms with van der Waals surface area (Å²) >= 11 is 1.34. The highest BCUT2D eigenvalue weighted by Crippen LogP contribution is 2.28. The summed E-state index contributed by atoms with van der Waals surface area (Å²) in [6.07, 6.45) is 0. The Labute approximate surface area is 103 Å². The van der Waals surface area contributed by atoms with Crippen molar-refractivity contribution in [1.29, 1.82) is 5.26 Å². The Hall–Kier alpha value is -1.99. The molecule has 0 bridgehead atoms. The lowest BCUT2D eigenvalue weighted by Gasteiger charge is -2.02. The van der Waals surface area contributed by atoms with Crippen LogP contribution in [0.2, 0.25) is 0 Å². The van der Waals surface area contributed by atoms with Crippen molar-refractivity contribution in [3.63, 3.8) is 0 Å². The summed E-state index contributed by atoms with van der Waals surface area (Å²) in [5.74, 6) is -0.254. The number of aromatic nitrogens is 1. The Bertz CT molecular complexity index is 623. The average molecular weight is 244 g/mol. The number of halogens is 1. The van der Waals surface area contributed by atoms with Crippen molar-refractivity contribution in [3.8, 4) is 17.3 Å². The van der Waals surface area contributed by atoms with Crippen LogP contribution in [0.25, 0.3) is 16.8 Å². The van der Waals surface area contributed by atoms with Crippen LogP contribution in [-0.4, -0.2) is 4.98 Å². The van der Waals surface area contributed by atoms with Crippen LogP contribution in [-0.2, 0) is 0 Å². The highest BCUT2D eigenvalue weighted by molar-refractivity contribution is 7.11. The molecule has 0 radical (unpaired) electrons. The van der Waals surface area contributed by atoms with Gasteiger partial charge in [0.2, 0.25) is 0 Å². The van der Waals surface area contributed by atoms with Gasteiger partial charge in [-0.1, -0.05) is 18.7 Å². The molecule has 0 atom stereocenters. The molecule has 0 fully saturated rings. The van der Waals surface area contributed by atoms with E-state index >= 15 is 0 Å². The van der Waals surface area contributed by atoms with Gasteiger partial charge in [0, 0.05) is 10.9 Å². The first-order valence-electron chi connectivity index (χ1n) is 4.94. The second kappa shape index (κ2) is 4.48. The van der Waals surface area contributed by atoms with Gasteiger partial charge in [-0.2, -0.15) is 5.26 Å². The molecule has 0 saturated carbocycles. The zero-order chi connectivity index (χ0) is 12.4. The largest absolute Gasteiger partial charge is 0.235 e. The first kappa shape index (κ1) is 11.5. The molecular weight excluding hydrogens is 235 g/mol. The number of hydrogen-bond donors (Lipinski definition) is 0. The van der Waals surface area contributed by atoms with E-state index in [9.17, 15) is 4.39 Å².